The van der Waals surface area contributed by atoms with Crippen LogP contribution in [-0.2, 0) is 12.0 Å². The van der Waals surface area contributed by atoms with Crippen molar-refractivity contribution >= 4 is 11.6 Å². The molecule has 2 nitrogen and oxygen atoms in total. The van der Waals surface area contributed by atoms with Crippen LogP contribution >= 0.6 is 11.6 Å². The summed E-state index contributed by atoms with van der Waals surface area (Å²) in [5.41, 5.74) is 3.17. The van der Waals surface area contributed by atoms with Gasteiger partial charge in [-0.25, -0.2) is 9.37 Å². The zero-order valence-electron chi connectivity index (χ0n) is 12.6. The molecule has 0 bridgehead atoms. The van der Waals surface area contributed by atoms with E-state index >= 15 is 0 Å². The number of benzene rings is 1. The molecular formula is C16H20ClFN2. The fourth-order valence-electron chi connectivity index (χ4n) is 2.37. The zero-order valence-corrected chi connectivity index (χ0v) is 13.3. The molecule has 0 aliphatic carbocycles. The van der Waals surface area contributed by atoms with Crippen LogP contribution in [0.4, 0.5) is 4.39 Å². The Morgan fingerprint density at radius 2 is 1.95 bits per heavy atom. The van der Waals surface area contributed by atoms with Crippen molar-refractivity contribution in [2.24, 2.45) is 0 Å². The van der Waals surface area contributed by atoms with Crippen LogP contribution in [0, 0.1) is 12.7 Å². The molecule has 0 aliphatic rings. The minimum atomic E-state index is -0.330. The summed E-state index contributed by atoms with van der Waals surface area (Å²) >= 11 is 6.09. The van der Waals surface area contributed by atoms with Gasteiger partial charge in [0.15, 0.2) is 0 Å². The molecule has 0 atom stereocenters. The first kappa shape index (κ1) is 15.0. The third-order valence-electron chi connectivity index (χ3n) is 3.47. The highest BCUT2D eigenvalue weighted by atomic mass is 35.5. The molecule has 108 valence electrons. The van der Waals surface area contributed by atoms with Crippen molar-refractivity contribution in [1.29, 1.82) is 0 Å². The summed E-state index contributed by atoms with van der Waals surface area (Å²) in [5, 5.41) is 0.163. The molecule has 4 heteroatoms. The van der Waals surface area contributed by atoms with Gasteiger partial charge >= 0.3 is 0 Å². The molecule has 0 saturated heterocycles. The summed E-state index contributed by atoms with van der Waals surface area (Å²) in [6.07, 6.45) is 1.80. The number of nitrogens with zero attached hydrogens (tertiary/aromatic N) is 2. The predicted molar refractivity (Wildman–Crippen MR) is 81.7 cm³/mol. The van der Waals surface area contributed by atoms with Gasteiger partial charge < -0.3 is 4.57 Å². The van der Waals surface area contributed by atoms with Crippen LogP contribution in [-0.4, -0.2) is 9.55 Å². The van der Waals surface area contributed by atoms with E-state index in [-0.39, 0.29) is 16.3 Å². The largest absolute Gasteiger partial charge is 0.331 e. The van der Waals surface area contributed by atoms with Crippen LogP contribution in [0.1, 0.15) is 39.0 Å². The van der Waals surface area contributed by atoms with Crippen LogP contribution in [0.2, 0.25) is 5.02 Å². The minimum absolute atomic E-state index is 0.163. The van der Waals surface area contributed by atoms with Gasteiger partial charge in [-0.15, -0.1) is 0 Å². The van der Waals surface area contributed by atoms with Crippen molar-refractivity contribution in [1.82, 2.24) is 9.55 Å². The van der Waals surface area contributed by atoms with Gasteiger partial charge in [0.25, 0.3) is 0 Å². The van der Waals surface area contributed by atoms with Crippen molar-refractivity contribution in [2.75, 3.05) is 0 Å². The van der Waals surface area contributed by atoms with E-state index < -0.39 is 0 Å². The van der Waals surface area contributed by atoms with Gasteiger partial charge in [0, 0.05) is 12.1 Å². The van der Waals surface area contributed by atoms with E-state index in [0.29, 0.717) is 5.56 Å². The normalized spacial score (nSPS) is 11.9. The summed E-state index contributed by atoms with van der Waals surface area (Å²) in [6.45, 7) is 10.8. The fraction of sp³-hybridized carbons (Fsp3) is 0.438. The Labute approximate surface area is 124 Å². The summed E-state index contributed by atoms with van der Waals surface area (Å²) in [5.74, 6) is -0.330. The van der Waals surface area contributed by atoms with E-state index in [0.717, 1.165) is 23.5 Å². The monoisotopic (exact) mass is 294 g/mol. The molecule has 0 radical (unpaired) electrons. The predicted octanol–water partition coefficient (Wildman–Crippen LogP) is 4.97. The first-order valence-corrected chi connectivity index (χ1v) is 7.15. The van der Waals surface area contributed by atoms with Gasteiger partial charge in [0.05, 0.1) is 22.7 Å². The third-order valence-corrected chi connectivity index (χ3v) is 3.75. The first-order valence-electron chi connectivity index (χ1n) is 6.77. The lowest BCUT2D eigenvalue weighted by atomic mass is 9.85. The van der Waals surface area contributed by atoms with E-state index in [1.807, 2.05) is 38.3 Å². The van der Waals surface area contributed by atoms with E-state index in [1.165, 1.54) is 0 Å². The molecule has 1 aromatic heterocycles. The Morgan fingerprint density at radius 3 is 2.50 bits per heavy atom. The molecule has 0 unspecified atom stereocenters. The standard InChI is InChI=1S/C16H20ClFN2/c1-6-20-9-19-10(2)15(20)11-7-12(16(3,4)5)14(18)13(17)8-11/h7-9H,6H2,1-5H3. The van der Waals surface area contributed by atoms with Crippen molar-refractivity contribution in [3.05, 3.63) is 40.6 Å². The Hall–Kier alpha value is -1.35. The SMILES string of the molecule is CCn1cnc(C)c1-c1cc(Cl)c(F)c(C(C)(C)C)c1. The number of aryl methyl sites for hydroxylation is 2. The fourth-order valence-corrected chi connectivity index (χ4v) is 2.59. The molecule has 1 heterocycles. The lowest BCUT2D eigenvalue weighted by Gasteiger charge is -2.22. The zero-order chi connectivity index (χ0) is 15.1. The number of hydrogen-bond acceptors (Lipinski definition) is 1. The Bertz CT molecular complexity index is 639. The lowest BCUT2D eigenvalue weighted by Crippen LogP contribution is -2.14. The topological polar surface area (TPSA) is 17.8 Å². The first-order chi connectivity index (χ1) is 9.25. The number of rotatable bonds is 2. The van der Waals surface area contributed by atoms with Crippen LogP contribution in [0.25, 0.3) is 11.3 Å². The van der Waals surface area contributed by atoms with Crippen molar-refractivity contribution in [3.63, 3.8) is 0 Å². The maximum absolute atomic E-state index is 14.2. The lowest BCUT2D eigenvalue weighted by molar-refractivity contribution is 0.523. The average molecular weight is 295 g/mol. The van der Waals surface area contributed by atoms with E-state index in [4.69, 9.17) is 11.6 Å². The smallest absolute Gasteiger partial charge is 0.145 e. The average Bonchev–Trinajstić information content (AvgIpc) is 2.72. The van der Waals surface area contributed by atoms with Gasteiger partial charge in [-0.05, 0) is 37.0 Å². The Kier molecular flexibility index (Phi) is 3.92. The summed E-state index contributed by atoms with van der Waals surface area (Å²) in [7, 11) is 0. The molecule has 0 spiro atoms. The van der Waals surface area contributed by atoms with Crippen LogP contribution in [0.15, 0.2) is 18.5 Å². The Morgan fingerprint density at radius 1 is 1.30 bits per heavy atom. The van der Waals surface area contributed by atoms with E-state index in [9.17, 15) is 4.39 Å². The molecule has 0 amide bonds. The minimum Gasteiger partial charge on any atom is -0.331 e. The van der Waals surface area contributed by atoms with Crippen LogP contribution in [0.5, 0.6) is 0 Å². The van der Waals surface area contributed by atoms with E-state index in [2.05, 4.69) is 11.9 Å². The number of imidazole rings is 1. The molecule has 2 rings (SSSR count). The Balaban J connectivity index is 2.70. The van der Waals surface area contributed by atoms with Gasteiger partial charge in [0.1, 0.15) is 5.82 Å². The van der Waals surface area contributed by atoms with Crippen molar-refractivity contribution < 1.29 is 4.39 Å². The van der Waals surface area contributed by atoms with Gasteiger partial charge in [-0.2, -0.15) is 0 Å². The molecule has 20 heavy (non-hydrogen) atoms. The second-order valence-corrected chi connectivity index (χ2v) is 6.44. The summed E-state index contributed by atoms with van der Waals surface area (Å²) in [6, 6.07) is 3.57. The molecule has 0 aliphatic heterocycles. The molecule has 0 saturated carbocycles. The second kappa shape index (κ2) is 5.21. The van der Waals surface area contributed by atoms with E-state index in [1.54, 1.807) is 12.4 Å². The molecule has 0 fully saturated rings. The van der Waals surface area contributed by atoms with Gasteiger partial charge in [0.2, 0.25) is 0 Å². The number of hydrogen-bond donors (Lipinski definition) is 0. The van der Waals surface area contributed by atoms with Crippen LogP contribution < -0.4 is 0 Å². The number of halogens is 2. The van der Waals surface area contributed by atoms with Gasteiger partial charge in [-0.1, -0.05) is 32.4 Å². The summed E-state index contributed by atoms with van der Waals surface area (Å²) < 4.78 is 16.3. The maximum atomic E-state index is 14.2. The van der Waals surface area contributed by atoms with Crippen LogP contribution in [0.3, 0.4) is 0 Å². The second-order valence-electron chi connectivity index (χ2n) is 6.03. The third kappa shape index (κ3) is 2.59. The highest BCUT2D eigenvalue weighted by molar-refractivity contribution is 6.31. The van der Waals surface area contributed by atoms with Crippen molar-refractivity contribution in [3.8, 4) is 11.3 Å². The molecule has 0 N–H and O–H groups in total. The van der Waals surface area contributed by atoms with Crippen molar-refractivity contribution in [2.45, 2.75) is 46.6 Å². The highest BCUT2D eigenvalue weighted by Crippen LogP contribution is 2.35. The quantitative estimate of drug-likeness (QED) is 0.765. The number of aromatic nitrogens is 2. The molecule has 1 aromatic carbocycles. The van der Waals surface area contributed by atoms with Gasteiger partial charge in [-0.3, -0.25) is 0 Å². The molecular weight excluding hydrogens is 275 g/mol. The maximum Gasteiger partial charge on any atom is 0.145 e. The highest BCUT2D eigenvalue weighted by Gasteiger charge is 2.23. The molecule has 2 aromatic rings. The summed E-state index contributed by atoms with van der Waals surface area (Å²) in [4.78, 5) is 4.33.